The van der Waals surface area contributed by atoms with Crippen LogP contribution in [0.3, 0.4) is 0 Å². The number of nitrogens with one attached hydrogen (secondary N) is 5. The van der Waals surface area contributed by atoms with E-state index >= 15 is 19.2 Å². The van der Waals surface area contributed by atoms with E-state index < -0.39 is 76.7 Å². The Balaban J connectivity index is 0.993. The largest absolute Gasteiger partial charge is 0.465 e. The number of aryl methyl sites for hydroxylation is 1. The molecule has 1 saturated heterocycles. The maximum absolute atomic E-state index is 15.9. The van der Waals surface area contributed by atoms with Gasteiger partial charge in [0.15, 0.2) is 6.04 Å². The van der Waals surface area contributed by atoms with Crippen LogP contribution in [0.5, 0.6) is 0 Å². The van der Waals surface area contributed by atoms with Gasteiger partial charge in [-0.3, -0.25) is 24.0 Å². The number of carbonyl (C=O) groups excluding carboxylic acids is 7. The second-order valence-corrected chi connectivity index (χ2v) is 26.9. The first-order chi connectivity index (χ1) is 43.1. The molecule has 5 aromatic rings. The number of aldehydes is 1. The van der Waals surface area contributed by atoms with Gasteiger partial charge in [0.05, 0.1) is 24.6 Å². The van der Waals surface area contributed by atoms with E-state index in [2.05, 4.69) is 44.8 Å². The third-order valence-electron chi connectivity index (χ3n) is 19.3. The molecule has 10 rings (SSSR count). The highest BCUT2D eigenvalue weighted by molar-refractivity contribution is 5.93. The zero-order chi connectivity index (χ0) is 64.1. The lowest BCUT2D eigenvalue weighted by Crippen LogP contribution is -2.73. The lowest BCUT2D eigenvalue weighted by molar-refractivity contribution is -1.03. The summed E-state index contributed by atoms with van der Waals surface area (Å²) < 4.78 is 11.6. The summed E-state index contributed by atoms with van der Waals surface area (Å²) in [5.74, 6) is -4.01. The fourth-order valence-electron chi connectivity index (χ4n) is 14.3. The molecule has 2 aliphatic heterocycles. The van der Waals surface area contributed by atoms with E-state index in [9.17, 15) is 24.3 Å². The number of amides is 7. The highest BCUT2D eigenvalue weighted by atomic mass is 16.5. The van der Waals surface area contributed by atoms with E-state index in [1.54, 1.807) is 32.9 Å². The van der Waals surface area contributed by atoms with Crippen LogP contribution in [0.2, 0.25) is 0 Å². The van der Waals surface area contributed by atoms with Crippen molar-refractivity contribution in [3.8, 4) is 11.1 Å². The minimum atomic E-state index is -1.30. The highest BCUT2D eigenvalue weighted by Crippen LogP contribution is 2.46. The van der Waals surface area contributed by atoms with Crippen LogP contribution >= 0.6 is 0 Å². The summed E-state index contributed by atoms with van der Waals surface area (Å²) in [4.78, 5) is 117. The average molecular weight is 1230 g/mol. The Morgan fingerprint density at radius 2 is 1.41 bits per heavy atom. The number of fused-ring (bicyclic) bond motifs is 5. The van der Waals surface area contributed by atoms with Gasteiger partial charge in [-0.1, -0.05) is 163 Å². The monoisotopic (exact) mass is 1230 g/mol. The normalized spacial score (nSPS) is 20.7. The molecule has 90 heavy (non-hydrogen) atoms. The zero-order valence-electron chi connectivity index (χ0n) is 52.8. The molecule has 6 N–H and O–H groups in total. The number of rotatable bonds is 23. The Labute approximate surface area is 527 Å². The van der Waals surface area contributed by atoms with Crippen LogP contribution in [0, 0.1) is 22.7 Å². The van der Waals surface area contributed by atoms with E-state index in [1.807, 2.05) is 124 Å². The second-order valence-electron chi connectivity index (χ2n) is 26.9. The molecule has 1 saturated carbocycles. The fraction of sp³-hybridized carbons (Fsp3) is 0.465. The van der Waals surface area contributed by atoms with Gasteiger partial charge in [-0.2, -0.15) is 5.01 Å². The molecule has 8 atom stereocenters. The predicted molar refractivity (Wildman–Crippen MR) is 339 cm³/mol. The maximum atomic E-state index is 15.9. The number of carboxylic acid groups (broad SMARTS) is 1. The van der Waals surface area contributed by atoms with Crippen molar-refractivity contribution in [1.82, 2.24) is 36.5 Å². The summed E-state index contributed by atoms with van der Waals surface area (Å²) in [6.45, 7) is 10.6. The average Bonchev–Trinajstić information content (AvgIpc) is 1.47. The summed E-state index contributed by atoms with van der Waals surface area (Å²) in [5, 5.41) is 25.5. The Morgan fingerprint density at radius 1 is 0.756 bits per heavy atom. The molecule has 19 nitrogen and oxygen atoms in total. The molecule has 19 heteroatoms. The zero-order valence-corrected chi connectivity index (χ0v) is 52.8. The number of likely N-dealkylation sites (tertiary alicyclic amines) is 1. The molecule has 3 aliphatic carbocycles. The lowest BCUT2D eigenvalue weighted by Gasteiger charge is -2.50. The number of hydrogen-bond acceptors (Lipinski definition) is 10. The molecular formula is C71H87N8O11+. The second kappa shape index (κ2) is 27.4. The van der Waals surface area contributed by atoms with Crippen molar-refractivity contribution in [3.63, 3.8) is 0 Å². The fourth-order valence-corrected chi connectivity index (χ4v) is 14.3. The van der Waals surface area contributed by atoms with Gasteiger partial charge in [0.1, 0.15) is 44.7 Å². The van der Waals surface area contributed by atoms with Crippen molar-refractivity contribution < 1.29 is 57.5 Å². The van der Waals surface area contributed by atoms with Gasteiger partial charge in [0, 0.05) is 62.6 Å². The van der Waals surface area contributed by atoms with Gasteiger partial charge in [0.2, 0.25) is 17.7 Å². The topological polar surface area (TPSA) is 242 Å². The number of carbonyl (C=O) groups is 8. The molecule has 0 bridgehead atoms. The van der Waals surface area contributed by atoms with E-state index in [1.165, 1.54) is 4.90 Å². The molecule has 5 aliphatic rings. The number of ether oxygens (including phenoxy) is 2. The van der Waals surface area contributed by atoms with Crippen LogP contribution in [-0.4, -0.2) is 138 Å². The van der Waals surface area contributed by atoms with Gasteiger partial charge in [-0.15, -0.1) is 0 Å². The molecule has 2 fully saturated rings. The van der Waals surface area contributed by atoms with Crippen molar-refractivity contribution in [2.75, 3.05) is 46.6 Å². The smallest absolute Gasteiger partial charge is 0.407 e. The number of quaternary nitrogens is 1. The minimum absolute atomic E-state index is 0.0111. The summed E-state index contributed by atoms with van der Waals surface area (Å²) >= 11 is 0. The first kappa shape index (κ1) is 64.6. The van der Waals surface area contributed by atoms with Crippen molar-refractivity contribution in [3.05, 3.63) is 166 Å². The van der Waals surface area contributed by atoms with Crippen molar-refractivity contribution in [2.24, 2.45) is 22.7 Å². The first-order valence-corrected chi connectivity index (χ1v) is 31.8. The van der Waals surface area contributed by atoms with Crippen LogP contribution in [0.15, 0.2) is 121 Å². The van der Waals surface area contributed by atoms with E-state index in [-0.39, 0.29) is 80.2 Å². The molecule has 7 amide bonds. The summed E-state index contributed by atoms with van der Waals surface area (Å²) in [5.41, 5.74) is 7.89. The Kier molecular flexibility index (Phi) is 19.6. The third kappa shape index (κ3) is 13.8. The van der Waals surface area contributed by atoms with Gasteiger partial charge in [-0.05, 0) is 93.2 Å². The van der Waals surface area contributed by atoms with Crippen LogP contribution in [0.4, 0.5) is 9.59 Å². The molecule has 2 heterocycles. The van der Waals surface area contributed by atoms with Gasteiger partial charge in [0.25, 0.3) is 11.8 Å². The summed E-state index contributed by atoms with van der Waals surface area (Å²) in [6.07, 6.45) is 3.03. The van der Waals surface area contributed by atoms with E-state index in [0.29, 0.717) is 45.0 Å². The van der Waals surface area contributed by atoms with Crippen molar-refractivity contribution in [2.45, 2.75) is 141 Å². The maximum Gasteiger partial charge on any atom is 0.407 e. The van der Waals surface area contributed by atoms with Crippen LogP contribution < -0.4 is 26.6 Å². The standard InChI is InChI=1S/C71H86N8O11/c1-44(37-72-68(86)87)63(81)75-61(39-80)71(5,6)42-79(35-19-32-60(79)65(83)74-58-31-18-23-45-22-11-12-25-49(45)58)78(66(84)47-33-34-47)43-73-64(82)59-36-55-48(24-17-30-54(55)56(40-89-7)46-20-9-8-10-21-46)38-77(59)67(85)62(70(2,3)4)76-69(88)90-41-57-52-28-15-13-26-50(52)51-27-14-16-29-53(51)57/h8-17,20-22,24-30,39,44,47,56-62,72H,18-19,23,31-38,40-43H2,1-7H3,(H4-,73,74,75,76,81,82,83,86,87,88)/p+1/t44?,56?,58-,59+,60+,61-,62-,79+/m1/s1. The Bertz CT molecular complexity index is 3450. The molecular weight excluding hydrogens is 1140 g/mol. The first-order valence-electron chi connectivity index (χ1n) is 31.8. The van der Waals surface area contributed by atoms with Crippen LogP contribution in [0.1, 0.15) is 142 Å². The molecule has 476 valence electrons. The summed E-state index contributed by atoms with van der Waals surface area (Å²) in [7, 11) is 1.64. The Morgan fingerprint density at radius 3 is 2.07 bits per heavy atom. The highest BCUT2D eigenvalue weighted by Gasteiger charge is 2.58. The van der Waals surface area contributed by atoms with Crippen LogP contribution in [-0.2, 0) is 57.6 Å². The van der Waals surface area contributed by atoms with Gasteiger partial charge < -0.3 is 50.9 Å². The third-order valence-corrected chi connectivity index (χ3v) is 19.3. The SMILES string of the molecule is COCC(c1ccccc1)c1cccc2c1C[C@@H](C(=O)NCN(C(=O)C1CC1)[N@+]1(CC(C)(C)[C@@H](C=O)NC(=O)C(C)CNC(=O)O)CCC[C@H]1C(=O)N[C@@H]1CCCc3ccccc31)N(C(=O)[C@@H](NC(=O)OCC1c3ccccc3-c3ccccc31)C(C)(C)C)C2. The van der Waals surface area contributed by atoms with Gasteiger partial charge in [-0.25, -0.2) is 14.2 Å². The van der Waals surface area contributed by atoms with Crippen molar-refractivity contribution in [1.29, 1.82) is 0 Å². The van der Waals surface area contributed by atoms with Gasteiger partial charge >= 0.3 is 12.2 Å². The number of nitrogens with zero attached hydrogens (tertiary/aromatic N) is 3. The number of benzene rings is 5. The van der Waals surface area contributed by atoms with E-state index in [0.717, 1.165) is 68.5 Å². The number of alkyl carbamates (subject to hydrolysis) is 1. The van der Waals surface area contributed by atoms with Crippen LogP contribution in [0.25, 0.3) is 11.1 Å². The molecule has 2 unspecified atom stereocenters. The molecule has 0 aromatic heterocycles. The van der Waals surface area contributed by atoms with Crippen molar-refractivity contribution >= 4 is 48.0 Å². The number of hydrogen-bond donors (Lipinski definition) is 6. The quantitative estimate of drug-likeness (QED) is 0.0205. The molecule has 5 aromatic carbocycles. The molecule has 0 radical (unpaired) electrons. The van der Waals surface area contributed by atoms with E-state index in [4.69, 9.17) is 9.47 Å². The minimum Gasteiger partial charge on any atom is -0.465 e. The Hall–Kier alpha value is -8.42. The summed E-state index contributed by atoms with van der Waals surface area (Å²) in [6, 6.07) is 35.2. The number of methoxy groups -OCH3 is 1. The lowest BCUT2D eigenvalue weighted by atomic mass is 9.81. The molecule has 0 spiro atoms. The predicted octanol–water partition coefficient (Wildman–Crippen LogP) is 8.69.